The van der Waals surface area contributed by atoms with E-state index in [0.29, 0.717) is 11.7 Å². The molecule has 0 saturated carbocycles. The molecule has 0 radical (unpaired) electrons. The SMILES string of the molecule is NCc1nc(Cl)c(CCc2ccco2)[nH]1. The minimum atomic E-state index is 0.375. The van der Waals surface area contributed by atoms with E-state index in [0.717, 1.165) is 30.1 Å². The number of furan rings is 1. The van der Waals surface area contributed by atoms with E-state index in [1.165, 1.54) is 0 Å². The Morgan fingerprint density at radius 2 is 2.33 bits per heavy atom. The van der Waals surface area contributed by atoms with Crippen LogP contribution in [-0.4, -0.2) is 9.97 Å². The highest BCUT2D eigenvalue weighted by Crippen LogP contribution is 2.15. The van der Waals surface area contributed by atoms with Gasteiger partial charge >= 0.3 is 0 Å². The third-order valence-corrected chi connectivity index (χ3v) is 2.48. The van der Waals surface area contributed by atoms with E-state index in [1.807, 2.05) is 12.1 Å². The summed E-state index contributed by atoms with van der Waals surface area (Å²) in [6.45, 7) is 0.375. The highest BCUT2D eigenvalue weighted by Gasteiger charge is 2.07. The molecule has 2 aromatic heterocycles. The van der Waals surface area contributed by atoms with Crippen molar-refractivity contribution >= 4 is 11.6 Å². The van der Waals surface area contributed by atoms with Gasteiger partial charge in [-0.05, 0) is 18.6 Å². The van der Waals surface area contributed by atoms with Gasteiger partial charge in [0.1, 0.15) is 16.7 Å². The van der Waals surface area contributed by atoms with Crippen LogP contribution in [0.15, 0.2) is 22.8 Å². The lowest BCUT2D eigenvalue weighted by Gasteiger charge is -1.95. The maximum absolute atomic E-state index is 5.94. The summed E-state index contributed by atoms with van der Waals surface area (Å²) >= 11 is 5.94. The monoisotopic (exact) mass is 225 g/mol. The van der Waals surface area contributed by atoms with Gasteiger partial charge in [-0.3, -0.25) is 0 Å². The number of aryl methyl sites for hydroxylation is 2. The van der Waals surface area contributed by atoms with Crippen molar-refractivity contribution in [3.05, 3.63) is 40.8 Å². The van der Waals surface area contributed by atoms with Crippen LogP contribution in [0.1, 0.15) is 17.3 Å². The maximum atomic E-state index is 5.94. The molecular weight excluding hydrogens is 214 g/mol. The van der Waals surface area contributed by atoms with Gasteiger partial charge in [-0.1, -0.05) is 11.6 Å². The van der Waals surface area contributed by atoms with Crippen LogP contribution < -0.4 is 5.73 Å². The van der Waals surface area contributed by atoms with Crippen molar-refractivity contribution in [1.29, 1.82) is 0 Å². The Balaban J connectivity index is 2.01. The summed E-state index contributed by atoms with van der Waals surface area (Å²) < 4.78 is 5.23. The number of imidazole rings is 1. The summed E-state index contributed by atoms with van der Waals surface area (Å²) in [7, 11) is 0. The number of hydrogen-bond acceptors (Lipinski definition) is 3. The Morgan fingerprint density at radius 3 is 2.93 bits per heavy atom. The van der Waals surface area contributed by atoms with Crippen molar-refractivity contribution in [3.63, 3.8) is 0 Å². The number of aromatic amines is 1. The summed E-state index contributed by atoms with van der Waals surface area (Å²) in [4.78, 5) is 7.17. The highest BCUT2D eigenvalue weighted by molar-refractivity contribution is 6.30. The number of nitrogens with one attached hydrogen (secondary N) is 1. The molecular formula is C10H12ClN3O. The van der Waals surface area contributed by atoms with Crippen molar-refractivity contribution in [1.82, 2.24) is 9.97 Å². The average Bonchev–Trinajstić information content (AvgIpc) is 2.84. The van der Waals surface area contributed by atoms with Gasteiger partial charge in [0, 0.05) is 6.42 Å². The zero-order chi connectivity index (χ0) is 10.7. The molecule has 0 spiro atoms. The zero-order valence-electron chi connectivity index (χ0n) is 8.16. The van der Waals surface area contributed by atoms with Gasteiger partial charge in [0.05, 0.1) is 18.5 Å². The Hall–Kier alpha value is -1.26. The minimum Gasteiger partial charge on any atom is -0.469 e. The number of nitrogens with zero attached hydrogens (tertiary/aromatic N) is 1. The van der Waals surface area contributed by atoms with Crippen molar-refractivity contribution < 1.29 is 4.42 Å². The quantitative estimate of drug-likeness (QED) is 0.835. The van der Waals surface area contributed by atoms with E-state index in [9.17, 15) is 0 Å². The van der Waals surface area contributed by atoms with Gasteiger partial charge in [0.25, 0.3) is 0 Å². The van der Waals surface area contributed by atoms with Crippen LogP contribution >= 0.6 is 11.6 Å². The lowest BCUT2D eigenvalue weighted by Crippen LogP contribution is -1.98. The molecule has 0 unspecified atom stereocenters. The van der Waals surface area contributed by atoms with E-state index in [1.54, 1.807) is 6.26 Å². The van der Waals surface area contributed by atoms with Crippen molar-refractivity contribution in [2.24, 2.45) is 5.73 Å². The molecule has 3 N–H and O–H groups in total. The minimum absolute atomic E-state index is 0.375. The highest BCUT2D eigenvalue weighted by atomic mass is 35.5. The second kappa shape index (κ2) is 4.51. The van der Waals surface area contributed by atoms with Gasteiger partial charge in [-0.2, -0.15) is 0 Å². The van der Waals surface area contributed by atoms with Gasteiger partial charge in [0.15, 0.2) is 0 Å². The maximum Gasteiger partial charge on any atom is 0.150 e. The molecule has 4 nitrogen and oxygen atoms in total. The molecule has 0 aliphatic carbocycles. The first-order valence-electron chi connectivity index (χ1n) is 4.75. The molecule has 80 valence electrons. The Kier molecular flexibility index (Phi) is 3.08. The second-order valence-corrected chi connectivity index (χ2v) is 3.59. The van der Waals surface area contributed by atoms with Crippen LogP contribution in [0.5, 0.6) is 0 Å². The van der Waals surface area contributed by atoms with Crippen molar-refractivity contribution in [2.45, 2.75) is 19.4 Å². The fourth-order valence-electron chi connectivity index (χ4n) is 1.41. The van der Waals surface area contributed by atoms with E-state index in [4.69, 9.17) is 21.8 Å². The number of aromatic nitrogens is 2. The lowest BCUT2D eigenvalue weighted by molar-refractivity contribution is 0.507. The molecule has 15 heavy (non-hydrogen) atoms. The summed E-state index contributed by atoms with van der Waals surface area (Å²) in [6, 6.07) is 3.81. The normalized spacial score (nSPS) is 10.8. The molecule has 0 aliphatic rings. The number of hydrogen-bond donors (Lipinski definition) is 2. The molecule has 0 bridgehead atoms. The lowest BCUT2D eigenvalue weighted by atomic mass is 10.2. The van der Waals surface area contributed by atoms with Gasteiger partial charge in [-0.15, -0.1) is 0 Å². The van der Waals surface area contributed by atoms with Gasteiger partial charge < -0.3 is 15.1 Å². The fourth-order valence-corrected chi connectivity index (χ4v) is 1.65. The zero-order valence-corrected chi connectivity index (χ0v) is 8.92. The topological polar surface area (TPSA) is 67.8 Å². The first-order valence-corrected chi connectivity index (χ1v) is 5.13. The summed E-state index contributed by atoms with van der Waals surface area (Å²) in [5.41, 5.74) is 6.36. The van der Waals surface area contributed by atoms with Crippen LogP contribution in [0.4, 0.5) is 0 Å². The number of halogens is 1. The molecule has 5 heteroatoms. The Labute approximate surface area is 92.4 Å². The first kappa shape index (κ1) is 10.3. The van der Waals surface area contributed by atoms with Crippen LogP contribution in [0.25, 0.3) is 0 Å². The van der Waals surface area contributed by atoms with Crippen LogP contribution in [0.2, 0.25) is 5.15 Å². The number of nitrogens with two attached hydrogens (primary N) is 1. The molecule has 0 amide bonds. The third kappa shape index (κ3) is 2.40. The standard InChI is InChI=1S/C10H12ClN3O/c11-10-8(13-9(6-12)14-10)4-3-7-2-1-5-15-7/h1-2,5H,3-4,6,12H2,(H,13,14). The van der Waals surface area contributed by atoms with Gasteiger partial charge in [0.2, 0.25) is 0 Å². The van der Waals surface area contributed by atoms with E-state index in [-0.39, 0.29) is 0 Å². The van der Waals surface area contributed by atoms with Crippen LogP contribution in [0, 0.1) is 0 Å². The second-order valence-electron chi connectivity index (χ2n) is 3.24. The van der Waals surface area contributed by atoms with E-state index >= 15 is 0 Å². The number of rotatable bonds is 4. The smallest absolute Gasteiger partial charge is 0.150 e. The molecule has 0 atom stereocenters. The summed E-state index contributed by atoms with van der Waals surface area (Å²) in [5, 5.41) is 0.502. The molecule has 2 heterocycles. The summed E-state index contributed by atoms with van der Waals surface area (Å²) in [6.07, 6.45) is 3.24. The Bertz CT molecular complexity index is 422. The predicted octanol–water partition coefficient (Wildman–Crippen LogP) is 1.90. The average molecular weight is 226 g/mol. The molecule has 2 aromatic rings. The van der Waals surface area contributed by atoms with Gasteiger partial charge in [-0.25, -0.2) is 4.98 Å². The molecule has 0 saturated heterocycles. The molecule has 0 fully saturated rings. The van der Waals surface area contributed by atoms with Crippen LogP contribution in [0.3, 0.4) is 0 Å². The van der Waals surface area contributed by atoms with E-state index < -0.39 is 0 Å². The third-order valence-electron chi connectivity index (χ3n) is 2.17. The molecule has 0 aromatic carbocycles. The largest absolute Gasteiger partial charge is 0.469 e. The predicted molar refractivity (Wildman–Crippen MR) is 57.6 cm³/mol. The summed E-state index contributed by atoms with van der Waals surface area (Å²) in [5.74, 6) is 1.66. The van der Waals surface area contributed by atoms with E-state index in [2.05, 4.69) is 9.97 Å². The van der Waals surface area contributed by atoms with Crippen molar-refractivity contribution in [2.75, 3.05) is 0 Å². The molecule has 0 aliphatic heterocycles. The number of H-pyrrole nitrogens is 1. The van der Waals surface area contributed by atoms with Crippen LogP contribution in [-0.2, 0) is 19.4 Å². The Morgan fingerprint density at radius 1 is 1.47 bits per heavy atom. The van der Waals surface area contributed by atoms with Crippen molar-refractivity contribution in [3.8, 4) is 0 Å². The first-order chi connectivity index (χ1) is 7.29. The molecule has 2 rings (SSSR count). The fraction of sp³-hybridized carbons (Fsp3) is 0.300.